The second kappa shape index (κ2) is 12.8. The summed E-state index contributed by atoms with van der Waals surface area (Å²) >= 11 is 5.47. The second-order valence-corrected chi connectivity index (χ2v) is 18.4. The average Bonchev–Trinajstić information content (AvgIpc) is 2.79. The van der Waals surface area contributed by atoms with Crippen molar-refractivity contribution in [2.24, 2.45) is 10.2 Å². The van der Waals surface area contributed by atoms with Gasteiger partial charge in [0, 0.05) is 7.05 Å². The Morgan fingerprint density at radius 3 is 1.80 bits per heavy atom. The molecule has 2 rings (SSSR count). The van der Waals surface area contributed by atoms with Crippen molar-refractivity contribution in [1.82, 2.24) is 9.79 Å². The van der Waals surface area contributed by atoms with Crippen LogP contribution < -0.4 is 9.26 Å². The second-order valence-electron chi connectivity index (χ2n) is 8.84. The molecule has 0 aliphatic heterocycles. The molecule has 0 aromatic heterocycles. The SMILES string of the molecule is COc1ccc(/C=N\N(C)[P+](=S)Oc2ccc(/C=N\N(C)CC(P(C)(C)=O)P(C)(C)=O)cc2)cc1. The molecular formula is C23H34N4O4P3S+. The summed E-state index contributed by atoms with van der Waals surface area (Å²) in [5.74, 6) is 1.42. The van der Waals surface area contributed by atoms with E-state index < -0.39 is 21.4 Å². The van der Waals surface area contributed by atoms with E-state index in [9.17, 15) is 9.13 Å². The molecule has 2 aromatic rings. The zero-order valence-electron chi connectivity index (χ0n) is 21.2. The molecule has 0 aliphatic carbocycles. The van der Waals surface area contributed by atoms with Crippen molar-refractivity contribution in [3.8, 4) is 11.5 Å². The third kappa shape index (κ3) is 9.85. The molecular weight excluding hydrogens is 521 g/mol. The maximum absolute atomic E-state index is 12.6. The number of ether oxygens (including phenoxy) is 1. The van der Waals surface area contributed by atoms with E-state index in [0.29, 0.717) is 12.3 Å². The number of hydrogen-bond donors (Lipinski definition) is 0. The monoisotopic (exact) mass is 555 g/mol. The van der Waals surface area contributed by atoms with Crippen LogP contribution in [0.5, 0.6) is 11.5 Å². The highest BCUT2D eigenvalue weighted by Gasteiger charge is 2.34. The van der Waals surface area contributed by atoms with E-state index in [0.717, 1.165) is 16.9 Å². The Hall–Kier alpha value is -2.04. The summed E-state index contributed by atoms with van der Waals surface area (Å²) in [7, 11) is -1.24. The van der Waals surface area contributed by atoms with Gasteiger partial charge in [0.1, 0.15) is 5.75 Å². The molecule has 0 fully saturated rings. The quantitative estimate of drug-likeness (QED) is 0.190. The molecule has 35 heavy (non-hydrogen) atoms. The Morgan fingerprint density at radius 2 is 1.34 bits per heavy atom. The van der Waals surface area contributed by atoms with Crippen molar-refractivity contribution in [3.63, 3.8) is 0 Å². The molecule has 0 amide bonds. The lowest BCUT2D eigenvalue weighted by molar-refractivity contribution is 0.367. The van der Waals surface area contributed by atoms with Gasteiger partial charge < -0.3 is 13.9 Å². The Kier molecular flexibility index (Phi) is 10.7. The first-order valence-electron chi connectivity index (χ1n) is 10.8. The Bertz CT molecular complexity index is 1120. The third-order valence-electron chi connectivity index (χ3n) is 5.06. The topological polar surface area (TPSA) is 83.8 Å². The van der Waals surface area contributed by atoms with Crippen molar-refractivity contribution in [3.05, 3.63) is 59.7 Å². The lowest BCUT2D eigenvalue weighted by Gasteiger charge is -2.28. The molecule has 0 radical (unpaired) electrons. The van der Waals surface area contributed by atoms with Gasteiger partial charge in [-0.25, -0.2) is 0 Å². The highest BCUT2D eigenvalue weighted by atomic mass is 32.4. The van der Waals surface area contributed by atoms with Crippen LogP contribution in [0.25, 0.3) is 0 Å². The summed E-state index contributed by atoms with van der Waals surface area (Å²) < 4.78 is 37.8. The van der Waals surface area contributed by atoms with Crippen molar-refractivity contribution in [2.75, 3.05) is 54.4 Å². The number of rotatable bonds is 12. The summed E-state index contributed by atoms with van der Waals surface area (Å²) in [5, 5.41) is 10.1. The van der Waals surface area contributed by atoms with Crippen molar-refractivity contribution >= 4 is 45.6 Å². The average molecular weight is 556 g/mol. The third-order valence-corrected chi connectivity index (χ3v) is 13.5. The summed E-state index contributed by atoms with van der Waals surface area (Å²) in [6, 6.07) is 15.0. The first-order chi connectivity index (χ1) is 16.3. The molecule has 8 nitrogen and oxygen atoms in total. The first-order valence-corrected chi connectivity index (χ1v) is 18.4. The van der Waals surface area contributed by atoms with Gasteiger partial charge in [-0.05, 0) is 86.3 Å². The predicted molar refractivity (Wildman–Crippen MR) is 153 cm³/mol. The van der Waals surface area contributed by atoms with Gasteiger partial charge in [-0.1, -0.05) is 4.78 Å². The van der Waals surface area contributed by atoms with Crippen LogP contribution in [0.1, 0.15) is 11.1 Å². The minimum absolute atomic E-state index is 0.371. The summed E-state index contributed by atoms with van der Waals surface area (Å²) in [4.78, 5) is 0. The van der Waals surface area contributed by atoms with Gasteiger partial charge in [0.15, 0.2) is 5.75 Å². The highest BCUT2D eigenvalue weighted by molar-refractivity contribution is 8.02. The van der Waals surface area contributed by atoms with E-state index in [1.807, 2.05) is 48.5 Å². The van der Waals surface area contributed by atoms with E-state index in [-0.39, 0.29) is 5.40 Å². The maximum atomic E-state index is 12.6. The van der Waals surface area contributed by atoms with Gasteiger partial charge in [-0.2, -0.15) is 5.10 Å². The van der Waals surface area contributed by atoms with Gasteiger partial charge in [0.05, 0.1) is 52.8 Å². The van der Waals surface area contributed by atoms with Gasteiger partial charge in [0.2, 0.25) is 11.8 Å². The number of hydrazone groups is 2. The number of methoxy groups -OCH3 is 1. The molecule has 0 bridgehead atoms. The lowest BCUT2D eigenvalue weighted by Crippen LogP contribution is -2.25. The van der Waals surface area contributed by atoms with Crippen LogP contribution in [-0.4, -0.2) is 82.0 Å². The van der Waals surface area contributed by atoms with Crippen LogP contribution in [0, 0.1) is 0 Å². The van der Waals surface area contributed by atoms with Gasteiger partial charge >= 0.3 is 7.07 Å². The zero-order valence-corrected chi connectivity index (χ0v) is 24.7. The van der Waals surface area contributed by atoms with Crippen LogP contribution in [0.15, 0.2) is 58.7 Å². The van der Waals surface area contributed by atoms with E-state index in [1.54, 1.807) is 70.1 Å². The minimum atomic E-state index is -2.52. The highest BCUT2D eigenvalue weighted by Crippen LogP contribution is 2.61. The Balaban J connectivity index is 1.94. The first kappa shape index (κ1) is 29.2. The molecule has 0 N–H and O–H groups in total. The normalized spacial score (nSPS) is 12.9. The summed E-state index contributed by atoms with van der Waals surface area (Å²) in [6.07, 6.45) is 3.42. The minimum Gasteiger partial charge on any atom is -0.497 e. The maximum Gasteiger partial charge on any atom is 0.540 e. The molecule has 0 saturated heterocycles. The molecule has 2 aromatic carbocycles. The summed E-state index contributed by atoms with van der Waals surface area (Å²) in [6.45, 7) is 7.11. The van der Waals surface area contributed by atoms with Crippen LogP contribution in [-0.2, 0) is 20.9 Å². The van der Waals surface area contributed by atoms with Gasteiger partial charge in [-0.3, -0.25) is 9.53 Å². The number of benzene rings is 2. The lowest BCUT2D eigenvalue weighted by atomic mass is 10.2. The Labute approximate surface area is 214 Å². The molecule has 0 saturated carbocycles. The number of nitrogens with zero attached hydrogens (tertiary/aromatic N) is 4. The van der Waals surface area contributed by atoms with E-state index >= 15 is 0 Å². The van der Waals surface area contributed by atoms with E-state index in [2.05, 4.69) is 10.2 Å². The molecule has 0 aliphatic rings. The fraction of sp³-hybridized carbons (Fsp3) is 0.391. The predicted octanol–water partition coefficient (Wildman–Crippen LogP) is 5.65. The van der Waals surface area contributed by atoms with E-state index in [4.69, 9.17) is 21.1 Å². The number of hydrogen-bond acceptors (Lipinski definition) is 8. The van der Waals surface area contributed by atoms with Crippen LogP contribution in [0.2, 0.25) is 0 Å². The van der Waals surface area contributed by atoms with Gasteiger partial charge in [-0.15, -0.1) is 5.10 Å². The van der Waals surface area contributed by atoms with Crippen LogP contribution >= 0.6 is 21.4 Å². The summed E-state index contributed by atoms with van der Waals surface area (Å²) in [5.41, 5.74) is 1.80. The molecule has 0 heterocycles. The van der Waals surface area contributed by atoms with Crippen molar-refractivity contribution < 1.29 is 18.4 Å². The van der Waals surface area contributed by atoms with Crippen LogP contribution in [0.4, 0.5) is 0 Å². The standard InChI is InChI=1S/C23H34N4O4P3S/c1-26(18-23(33(4,5)28)34(6,7)29)24-16-19-10-14-22(15-11-19)31-32(35)27(2)25-17-20-8-12-21(30-3)13-9-20/h8-17,23H,18H2,1-7H3/q+1/b24-16-,25-17-. The van der Waals surface area contributed by atoms with E-state index in [1.165, 1.54) is 0 Å². The van der Waals surface area contributed by atoms with Crippen LogP contribution in [0.3, 0.4) is 0 Å². The Morgan fingerprint density at radius 1 is 0.886 bits per heavy atom. The molecule has 1 atom stereocenters. The van der Waals surface area contributed by atoms with Gasteiger partial charge in [0.25, 0.3) is 0 Å². The molecule has 1 unspecified atom stereocenters. The molecule has 190 valence electrons. The van der Waals surface area contributed by atoms with Crippen molar-refractivity contribution in [2.45, 2.75) is 5.40 Å². The fourth-order valence-electron chi connectivity index (χ4n) is 3.16. The zero-order chi connectivity index (χ0) is 26.2. The fourth-order valence-corrected chi connectivity index (χ4v) is 10.7. The molecule has 12 heteroatoms. The largest absolute Gasteiger partial charge is 0.540 e. The molecule has 0 spiro atoms. The van der Waals surface area contributed by atoms with Crippen molar-refractivity contribution in [1.29, 1.82) is 0 Å². The smallest absolute Gasteiger partial charge is 0.497 e.